The molecule has 0 spiro atoms. The molecular formula is C14H16N4O3. The average Bonchev–Trinajstić information content (AvgIpc) is 2.41. The quantitative estimate of drug-likeness (QED) is 0.810. The van der Waals surface area contributed by atoms with Crippen LogP contribution >= 0.6 is 0 Å². The van der Waals surface area contributed by atoms with Gasteiger partial charge < -0.3 is 15.8 Å². The molecule has 0 aliphatic heterocycles. The zero-order valence-corrected chi connectivity index (χ0v) is 11.8. The second-order valence-corrected chi connectivity index (χ2v) is 4.48. The lowest BCUT2D eigenvalue weighted by Gasteiger charge is -2.11. The Morgan fingerprint density at radius 3 is 2.86 bits per heavy atom. The molecule has 0 bridgehead atoms. The first kappa shape index (κ1) is 14.6. The molecule has 1 aromatic heterocycles. The van der Waals surface area contributed by atoms with Crippen molar-refractivity contribution in [3.63, 3.8) is 0 Å². The molecule has 1 aromatic carbocycles. The molecule has 0 unspecified atom stereocenters. The third-order valence-corrected chi connectivity index (χ3v) is 2.76. The van der Waals surface area contributed by atoms with E-state index in [-0.39, 0.29) is 24.0 Å². The summed E-state index contributed by atoms with van der Waals surface area (Å²) in [6.07, 6.45) is 0. The number of aromatic nitrogens is 2. The predicted octanol–water partition coefficient (Wildman–Crippen LogP) is 0.781. The molecule has 2 rings (SSSR count). The minimum Gasteiger partial charge on any atom is -0.468 e. The SMILES string of the molecule is COc1nc(C)cc(=O)n1CC(=O)Nc1cccc(N)c1. The smallest absolute Gasteiger partial charge is 0.299 e. The Morgan fingerprint density at radius 2 is 2.19 bits per heavy atom. The number of benzene rings is 1. The van der Waals surface area contributed by atoms with Crippen LogP contribution in [0.4, 0.5) is 11.4 Å². The summed E-state index contributed by atoms with van der Waals surface area (Å²) in [4.78, 5) is 28.0. The third kappa shape index (κ3) is 3.59. The molecule has 0 saturated carbocycles. The van der Waals surface area contributed by atoms with E-state index in [0.29, 0.717) is 17.1 Å². The number of rotatable bonds is 4. The van der Waals surface area contributed by atoms with Crippen molar-refractivity contribution in [3.8, 4) is 6.01 Å². The van der Waals surface area contributed by atoms with E-state index in [9.17, 15) is 9.59 Å². The van der Waals surface area contributed by atoms with Crippen LogP contribution in [0.3, 0.4) is 0 Å². The number of methoxy groups -OCH3 is 1. The van der Waals surface area contributed by atoms with E-state index in [0.717, 1.165) is 4.57 Å². The molecule has 7 nitrogen and oxygen atoms in total. The van der Waals surface area contributed by atoms with Gasteiger partial charge in [0.1, 0.15) is 6.54 Å². The number of carbonyl (C=O) groups is 1. The van der Waals surface area contributed by atoms with Gasteiger partial charge >= 0.3 is 0 Å². The molecule has 1 heterocycles. The van der Waals surface area contributed by atoms with Gasteiger partial charge in [0.25, 0.3) is 11.6 Å². The first-order valence-corrected chi connectivity index (χ1v) is 6.27. The number of carbonyl (C=O) groups excluding carboxylic acids is 1. The molecule has 0 fully saturated rings. The van der Waals surface area contributed by atoms with Gasteiger partial charge in [-0.3, -0.25) is 14.2 Å². The Hall–Kier alpha value is -2.83. The highest BCUT2D eigenvalue weighted by Gasteiger charge is 2.11. The van der Waals surface area contributed by atoms with Crippen molar-refractivity contribution < 1.29 is 9.53 Å². The van der Waals surface area contributed by atoms with E-state index in [1.54, 1.807) is 31.2 Å². The summed E-state index contributed by atoms with van der Waals surface area (Å²) in [7, 11) is 1.40. The second kappa shape index (κ2) is 6.08. The topological polar surface area (TPSA) is 99.2 Å². The van der Waals surface area contributed by atoms with E-state index >= 15 is 0 Å². The minimum absolute atomic E-state index is 0.0997. The maximum absolute atomic E-state index is 12.0. The van der Waals surface area contributed by atoms with E-state index in [1.165, 1.54) is 13.2 Å². The highest BCUT2D eigenvalue weighted by atomic mass is 16.5. The number of anilines is 2. The molecule has 0 radical (unpaired) electrons. The highest BCUT2D eigenvalue weighted by Crippen LogP contribution is 2.12. The molecule has 1 amide bonds. The van der Waals surface area contributed by atoms with Crippen LogP contribution in [0.15, 0.2) is 35.1 Å². The molecule has 0 aliphatic carbocycles. The first-order chi connectivity index (χ1) is 9.99. The Bertz CT molecular complexity index is 724. The fourth-order valence-electron chi connectivity index (χ4n) is 1.86. The molecule has 110 valence electrons. The number of nitrogens with two attached hydrogens (primary N) is 1. The van der Waals surface area contributed by atoms with Crippen molar-refractivity contribution in [1.29, 1.82) is 0 Å². The van der Waals surface area contributed by atoms with Crippen molar-refractivity contribution in [2.45, 2.75) is 13.5 Å². The zero-order valence-electron chi connectivity index (χ0n) is 11.8. The molecule has 0 atom stereocenters. The van der Waals surface area contributed by atoms with E-state index in [1.807, 2.05) is 0 Å². The number of aryl methyl sites for hydroxylation is 1. The number of nitrogens with one attached hydrogen (secondary N) is 1. The average molecular weight is 288 g/mol. The van der Waals surface area contributed by atoms with Gasteiger partial charge in [-0.2, -0.15) is 0 Å². The number of hydrogen-bond donors (Lipinski definition) is 2. The molecule has 0 aliphatic rings. The number of nitrogens with zero attached hydrogens (tertiary/aromatic N) is 2. The second-order valence-electron chi connectivity index (χ2n) is 4.48. The summed E-state index contributed by atoms with van der Waals surface area (Å²) in [5.41, 5.74) is 6.93. The number of ether oxygens (including phenoxy) is 1. The van der Waals surface area contributed by atoms with Crippen LogP contribution in [-0.2, 0) is 11.3 Å². The van der Waals surface area contributed by atoms with E-state index < -0.39 is 0 Å². The Morgan fingerprint density at radius 1 is 1.43 bits per heavy atom. The highest BCUT2D eigenvalue weighted by molar-refractivity contribution is 5.91. The van der Waals surface area contributed by atoms with Crippen LogP contribution in [0.5, 0.6) is 6.01 Å². The van der Waals surface area contributed by atoms with Gasteiger partial charge in [-0.15, -0.1) is 0 Å². The lowest BCUT2D eigenvalue weighted by Crippen LogP contribution is -2.29. The fourth-order valence-corrected chi connectivity index (χ4v) is 1.86. The summed E-state index contributed by atoms with van der Waals surface area (Å²) < 4.78 is 6.19. The fraction of sp³-hybridized carbons (Fsp3) is 0.214. The van der Waals surface area contributed by atoms with Crippen LogP contribution in [0.25, 0.3) is 0 Å². The normalized spacial score (nSPS) is 10.2. The molecule has 7 heteroatoms. The Labute approximate surface area is 121 Å². The Kier molecular flexibility index (Phi) is 4.22. The summed E-state index contributed by atoms with van der Waals surface area (Å²) in [6, 6.07) is 8.23. The van der Waals surface area contributed by atoms with Gasteiger partial charge in [0, 0.05) is 23.1 Å². The monoisotopic (exact) mass is 288 g/mol. The molecule has 21 heavy (non-hydrogen) atoms. The van der Waals surface area contributed by atoms with Gasteiger partial charge in [0.2, 0.25) is 5.91 Å². The number of nitrogen functional groups attached to an aromatic ring is 1. The van der Waals surface area contributed by atoms with Crippen LogP contribution in [0, 0.1) is 6.92 Å². The lowest BCUT2D eigenvalue weighted by atomic mass is 10.3. The number of amides is 1. The Balaban J connectivity index is 2.18. The summed E-state index contributed by atoms with van der Waals surface area (Å²) in [6.45, 7) is 1.49. The van der Waals surface area contributed by atoms with Gasteiger partial charge in [0.05, 0.1) is 7.11 Å². The molecule has 0 saturated heterocycles. The summed E-state index contributed by atoms with van der Waals surface area (Å²) >= 11 is 0. The van der Waals surface area contributed by atoms with Crippen LogP contribution in [0.1, 0.15) is 5.69 Å². The standard InChI is InChI=1S/C14H16N4O3/c1-9-6-13(20)18(14(16-9)21-2)8-12(19)17-11-5-3-4-10(15)7-11/h3-7H,8,15H2,1-2H3,(H,17,19). The van der Waals surface area contributed by atoms with Crippen molar-refractivity contribution in [2.24, 2.45) is 0 Å². The first-order valence-electron chi connectivity index (χ1n) is 6.27. The van der Waals surface area contributed by atoms with Crippen molar-refractivity contribution >= 4 is 17.3 Å². The minimum atomic E-state index is -0.369. The van der Waals surface area contributed by atoms with Gasteiger partial charge in [0.15, 0.2) is 0 Å². The lowest BCUT2D eigenvalue weighted by molar-refractivity contribution is -0.116. The van der Waals surface area contributed by atoms with E-state index in [4.69, 9.17) is 10.5 Å². The van der Waals surface area contributed by atoms with Gasteiger partial charge in [-0.05, 0) is 25.1 Å². The van der Waals surface area contributed by atoms with Gasteiger partial charge in [-0.1, -0.05) is 6.07 Å². The van der Waals surface area contributed by atoms with Crippen molar-refractivity contribution in [2.75, 3.05) is 18.2 Å². The zero-order chi connectivity index (χ0) is 15.4. The summed E-state index contributed by atoms with van der Waals surface area (Å²) in [5.74, 6) is -0.369. The van der Waals surface area contributed by atoms with Crippen molar-refractivity contribution in [3.05, 3.63) is 46.4 Å². The van der Waals surface area contributed by atoms with Crippen molar-refractivity contribution in [1.82, 2.24) is 9.55 Å². The van der Waals surface area contributed by atoms with Crippen LogP contribution in [0.2, 0.25) is 0 Å². The maximum atomic E-state index is 12.0. The molecule has 2 aromatic rings. The summed E-state index contributed by atoms with van der Waals surface area (Å²) in [5, 5.41) is 2.66. The van der Waals surface area contributed by atoms with E-state index in [2.05, 4.69) is 10.3 Å². The van der Waals surface area contributed by atoms with Crippen LogP contribution in [-0.4, -0.2) is 22.6 Å². The molecular weight excluding hydrogens is 272 g/mol. The van der Waals surface area contributed by atoms with Crippen LogP contribution < -0.4 is 21.3 Å². The van der Waals surface area contributed by atoms with Gasteiger partial charge in [-0.25, -0.2) is 4.98 Å². The number of hydrogen-bond acceptors (Lipinski definition) is 5. The molecule has 3 N–H and O–H groups in total. The predicted molar refractivity (Wildman–Crippen MR) is 79.3 cm³/mol. The maximum Gasteiger partial charge on any atom is 0.299 e. The third-order valence-electron chi connectivity index (χ3n) is 2.76. The largest absolute Gasteiger partial charge is 0.468 e.